The Morgan fingerprint density at radius 3 is 1.85 bits per heavy atom. The maximum atomic E-state index is 15.2. The number of carbonyl (C=O) groups excluding carboxylic acids is 5. The lowest BCUT2D eigenvalue weighted by atomic mass is 9.44. The van der Waals surface area contributed by atoms with Crippen LogP contribution in [0.4, 0.5) is 4.79 Å². The first-order valence-electron chi connectivity index (χ1n) is 24.3. The zero-order valence-electron chi connectivity index (χ0n) is 42.2. The lowest BCUT2D eigenvalue weighted by Crippen LogP contribution is -2.81. The van der Waals surface area contributed by atoms with Crippen molar-refractivity contribution >= 4 is 29.8 Å². The average Bonchev–Trinajstić information content (AvgIpc) is 3.24. The number of hydrogen-bond donors (Lipinski definition) is 4. The predicted molar refractivity (Wildman–Crippen MR) is 259 cm³/mol. The second-order valence-electron chi connectivity index (χ2n) is 20.5. The summed E-state index contributed by atoms with van der Waals surface area (Å²) in [4.78, 5) is 68.2. The molecule has 4 aliphatic rings. The fraction of sp³-hybridized carbons (Fsp3) is 0.648. The summed E-state index contributed by atoms with van der Waals surface area (Å²) >= 11 is 0. The maximum absolute atomic E-state index is 15.2. The largest absolute Gasteiger partial charge is 0.461 e. The summed E-state index contributed by atoms with van der Waals surface area (Å²) < 4.78 is 29.4. The number of alkyl carbamates (subject to hydrolysis) is 1. The highest BCUT2D eigenvalue weighted by molar-refractivity contribution is 5.94. The molecule has 4 N–H and O–H groups in total. The third kappa shape index (κ3) is 13.0. The van der Waals surface area contributed by atoms with Gasteiger partial charge in [-0.1, -0.05) is 93.7 Å². The van der Waals surface area contributed by atoms with Gasteiger partial charge in [0.15, 0.2) is 5.78 Å². The number of rotatable bonds is 20. The lowest BCUT2D eigenvalue weighted by molar-refractivity contribution is -0.345. The van der Waals surface area contributed by atoms with Crippen molar-refractivity contribution in [3.05, 3.63) is 84.1 Å². The summed E-state index contributed by atoms with van der Waals surface area (Å²) in [5.41, 5.74) is -7.96. The van der Waals surface area contributed by atoms with E-state index in [2.05, 4.69) is 66.9 Å². The van der Waals surface area contributed by atoms with Crippen molar-refractivity contribution in [3.8, 4) is 0 Å². The standard InChI is InChI=1S/C54H79NO13/c1-12-13-14-15-16-17-18-19-20-21-22-23-24-25-26-27-28-29-30-31-42(57)67-40-32-41-53(62,34-64-41)45-47(65-38(5)56)54(63)33-39(36(3)43(51(54,9)10)44(58)46(59)52(40,45)11)66-48(60)35(2)37(4)55-49(61)68-50(6,7)8/h13-14,16-17,19-20,22-23,25-26,28-29,35,37,39-41,44-45,47,58,62-63H,12,15,18,21,24,27,30-34H2,1-11H3,(H,55,61)/b14-13-,17-16-,20-19-,23-22-,26-25-,29-28-/t35-,37+,39+,40+,41-,44-,45+,47+,52-,53+,54-/m1/s1. The van der Waals surface area contributed by atoms with Gasteiger partial charge in [-0.2, -0.15) is 0 Å². The number of hydrogen-bond acceptors (Lipinski definition) is 13. The predicted octanol–water partition coefficient (Wildman–Crippen LogP) is 8.35. The van der Waals surface area contributed by atoms with Crippen molar-refractivity contribution in [2.45, 2.75) is 194 Å². The van der Waals surface area contributed by atoms with Crippen molar-refractivity contribution < 1.29 is 63.0 Å². The molecule has 0 radical (unpaired) electrons. The molecule has 1 aliphatic heterocycles. The van der Waals surface area contributed by atoms with E-state index >= 15 is 4.79 Å². The first-order valence-corrected chi connectivity index (χ1v) is 24.3. The van der Waals surface area contributed by atoms with Gasteiger partial charge in [0.25, 0.3) is 0 Å². The van der Waals surface area contributed by atoms with Crippen LogP contribution in [-0.4, -0.2) is 105 Å². The van der Waals surface area contributed by atoms with E-state index in [0.29, 0.717) is 18.4 Å². The summed E-state index contributed by atoms with van der Waals surface area (Å²) in [6.45, 7) is 17.5. The second-order valence-corrected chi connectivity index (χ2v) is 20.5. The van der Waals surface area contributed by atoms with Gasteiger partial charge in [-0.15, -0.1) is 0 Å². The van der Waals surface area contributed by atoms with Gasteiger partial charge in [0.2, 0.25) is 0 Å². The maximum Gasteiger partial charge on any atom is 0.407 e. The average molecular weight is 950 g/mol. The molecule has 3 aliphatic carbocycles. The Hall–Kier alpha value is -4.63. The first kappa shape index (κ1) is 56.0. The number of carbonyl (C=O) groups is 5. The molecule has 0 aromatic heterocycles. The lowest BCUT2D eigenvalue weighted by Gasteiger charge is -2.67. The van der Waals surface area contributed by atoms with Crippen molar-refractivity contribution in [1.82, 2.24) is 5.32 Å². The molecule has 0 unspecified atom stereocenters. The Morgan fingerprint density at radius 2 is 1.37 bits per heavy atom. The molecular formula is C54H79NO13. The fourth-order valence-electron chi connectivity index (χ4n) is 10.1. The van der Waals surface area contributed by atoms with E-state index in [1.54, 1.807) is 55.4 Å². The van der Waals surface area contributed by atoms with E-state index < -0.39 is 106 Å². The Labute approximate surface area is 404 Å². The Kier molecular flexibility index (Phi) is 19.6. The van der Waals surface area contributed by atoms with E-state index in [1.807, 2.05) is 18.2 Å². The van der Waals surface area contributed by atoms with Crippen molar-refractivity contribution in [2.24, 2.45) is 22.7 Å². The monoisotopic (exact) mass is 950 g/mol. The van der Waals surface area contributed by atoms with Crippen LogP contribution in [0.15, 0.2) is 84.1 Å². The van der Waals surface area contributed by atoms with Gasteiger partial charge in [0, 0.05) is 43.6 Å². The van der Waals surface area contributed by atoms with Crippen molar-refractivity contribution in [1.29, 1.82) is 0 Å². The van der Waals surface area contributed by atoms with Gasteiger partial charge in [0.1, 0.15) is 41.2 Å². The number of ketones is 1. The number of fused-ring (bicyclic) bond motifs is 5. The van der Waals surface area contributed by atoms with Crippen LogP contribution in [-0.2, 0) is 42.9 Å². The van der Waals surface area contributed by atoms with Crippen LogP contribution in [0.3, 0.4) is 0 Å². The van der Waals surface area contributed by atoms with E-state index in [1.165, 1.54) is 6.92 Å². The summed E-state index contributed by atoms with van der Waals surface area (Å²) in [5.74, 6) is -5.43. The van der Waals surface area contributed by atoms with Crippen molar-refractivity contribution in [2.75, 3.05) is 6.61 Å². The number of amides is 1. The SMILES string of the molecule is CC/C=C\C/C=C\C/C=C\C/C=C\C/C=C\C/C=C\CCC(=O)O[C@H]1C[C@H]2OC[C@@]2(O)[C@H]2[C@H](OC(C)=O)[C@]3(O)C[C@H](OC(=O)[C@H](C)[C@H](C)NC(=O)OC(C)(C)C)C(C)=C([C@@H](O)C(=O)[C@]12C)C3(C)C. The van der Waals surface area contributed by atoms with Gasteiger partial charge >= 0.3 is 24.0 Å². The van der Waals surface area contributed by atoms with E-state index in [0.717, 1.165) is 39.0 Å². The molecule has 1 saturated heterocycles. The van der Waals surface area contributed by atoms with Crippen LogP contribution < -0.4 is 5.32 Å². The van der Waals surface area contributed by atoms with Gasteiger partial charge in [-0.3, -0.25) is 19.2 Å². The van der Waals surface area contributed by atoms with Crippen LogP contribution in [0.25, 0.3) is 0 Å². The summed E-state index contributed by atoms with van der Waals surface area (Å²) in [5, 5.41) is 40.7. The molecule has 3 fully saturated rings. The summed E-state index contributed by atoms with van der Waals surface area (Å²) in [7, 11) is 0. The minimum atomic E-state index is -2.20. The Morgan fingerprint density at radius 1 is 0.838 bits per heavy atom. The molecular weight excluding hydrogens is 871 g/mol. The van der Waals surface area contributed by atoms with Crippen LogP contribution in [0.1, 0.15) is 140 Å². The number of Topliss-reactive ketones (excluding diaryl/α,β-unsaturated/α-hetero) is 1. The molecule has 0 spiro atoms. The molecule has 14 nitrogen and oxygen atoms in total. The number of nitrogens with one attached hydrogen (secondary N) is 1. The van der Waals surface area contributed by atoms with Crippen molar-refractivity contribution in [3.63, 3.8) is 0 Å². The fourth-order valence-corrected chi connectivity index (χ4v) is 10.1. The number of aliphatic hydroxyl groups is 3. The van der Waals surface area contributed by atoms with Gasteiger partial charge in [-0.25, -0.2) is 4.79 Å². The van der Waals surface area contributed by atoms with E-state index in [9.17, 15) is 34.5 Å². The molecule has 2 saturated carbocycles. The number of allylic oxidation sites excluding steroid dienone is 12. The first-order chi connectivity index (χ1) is 31.9. The van der Waals surface area contributed by atoms with Crippen LogP contribution in [0.2, 0.25) is 0 Å². The molecule has 11 atom stereocenters. The third-order valence-corrected chi connectivity index (χ3v) is 14.1. The molecule has 0 aromatic carbocycles. The molecule has 4 rings (SSSR count). The summed E-state index contributed by atoms with van der Waals surface area (Å²) in [6, 6.07) is -0.752. The van der Waals surface area contributed by atoms with E-state index in [-0.39, 0.29) is 31.4 Å². The molecule has 2 bridgehead atoms. The Balaban J connectivity index is 1.50. The minimum absolute atomic E-state index is 0.0298. The molecule has 68 heavy (non-hydrogen) atoms. The van der Waals surface area contributed by atoms with Gasteiger partial charge in [0.05, 0.1) is 24.0 Å². The number of aliphatic hydroxyl groups excluding tert-OH is 1. The highest BCUT2D eigenvalue weighted by Crippen LogP contribution is 2.63. The number of esters is 3. The summed E-state index contributed by atoms with van der Waals surface area (Å²) in [6.07, 6.45) is 22.5. The minimum Gasteiger partial charge on any atom is -0.461 e. The number of ether oxygens (including phenoxy) is 5. The topological polar surface area (TPSA) is 204 Å². The third-order valence-electron chi connectivity index (χ3n) is 14.1. The highest BCUT2D eigenvalue weighted by atomic mass is 16.6. The van der Waals surface area contributed by atoms with Gasteiger partial charge in [-0.05, 0) is 105 Å². The van der Waals surface area contributed by atoms with Gasteiger partial charge < -0.3 is 44.3 Å². The molecule has 1 amide bonds. The van der Waals surface area contributed by atoms with Crippen LogP contribution in [0, 0.1) is 22.7 Å². The van der Waals surface area contributed by atoms with Crippen LogP contribution in [0.5, 0.6) is 0 Å². The highest BCUT2D eigenvalue weighted by Gasteiger charge is 2.77. The smallest absolute Gasteiger partial charge is 0.407 e. The Bertz CT molecular complexity index is 2020. The second kappa shape index (κ2) is 23.8. The zero-order chi connectivity index (χ0) is 50.7. The van der Waals surface area contributed by atoms with E-state index in [4.69, 9.17) is 23.7 Å². The molecule has 0 aromatic rings. The normalized spacial score (nSPS) is 31.4. The molecule has 1 heterocycles. The quantitative estimate of drug-likeness (QED) is 0.0516. The van der Waals surface area contributed by atoms with Crippen LogP contribution >= 0.6 is 0 Å². The molecule has 14 heteroatoms. The zero-order valence-corrected chi connectivity index (χ0v) is 42.2. The molecule has 378 valence electrons.